The number of hydrogen-bond acceptors (Lipinski definition) is 2. The first-order valence-electron chi connectivity index (χ1n) is 5.87. The molecule has 18 heavy (non-hydrogen) atoms. The van der Waals surface area contributed by atoms with Gasteiger partial charge in [-0.1, -0.05) is 49.0 Å². The third-order valence-electron chi connectivity index (χ3n) is 2.88. The molecule has 0 fully saturated rings. The van der Waals surface area contributed by atoms with E-state index in [1.165, 1.54) is 0 Å². The maximum Gasteiger partial charge on any atom is 0.441 e. The minimum absolute atomic E-state index is 0.0572. The fourth-order valence-corrected chi connectivity index (χ4v) is 2.69. The van der Waals surface area contributed by atoms with E-state index in [0.29, 0.717) is 6.42 Å². The van der Waals surface area contributed by atoms with Crippen LogP contribution in [0, 0.1) is 5.92 Å². The number of hydrogen-bond donors (Lipinski definition) is 1. The van der Waals surface area contributed by atoms with Crippen LogP contribution in [-0.2, 0) is 0 Å². The minimum Gasteiger partial charge on any atom is -0.313 e. The van der Waals surface area contributed by atoms with Gasteiger partial charge in [0.2, 0.25) is 0 Å². The van der Waals surface area contributed by atoms with Gasteiger partial charge in [-0.15, -0.1) is 0 Å². The largest absolute Gasteiger partial charge is 0.441 e. The quantitative estimate of drug-likeness (QED) is 0.835. The highest BCUT2D eigenvalue weighted by Gasteiger charge is 2.28. The van der Waals surface area contributed by atoms with E-state index in [-0.39, 0.29) is 29.5 Å². The van der Waals surface area contributed by atoms with Crippen molar-refractivity contribution in [2.75, 3.05) is 12.8 Å². The molecule has 0 aliphatic heterocycles. The summed E-state index contributed by atoms with van der Waals surface area (Å²) >= 11 is 0.0572. The number of thioether (sulfide) groups is 1. The summed E-state index contributed by atoms with van der Waals surface area (Å²) in [6.45, 7) is 1.98. The fourth-order valence-electron chi connectivity index (χ4n) is 1.97. The van der Waals surface area contributed by atoms with Crippen LogP contribution in [0.1, 0.15) is 24.9 Å². The lowest BCUT2D eigenvalue weighted by molar-refractivity contribution is -0.0328. The van der Waals surface area contributed by atoms with Gasteiger partial charge in [0.1, 0.15) is 0 Å². The van der Waals surface area contributed by atoms with Crippen LogP contribution in [0.3, 0.4) is 0 Å². The van der Waals surface area contributed by atoms with Gasteiger partial charge < -0.3 is 5.32 Å². The average molecular weight is 277 g/mol. The van der Waals surface area contributed by atoms with Crippen LogP contribution < -0.4 is 5.32 Å². The lowest BCUT2D eigenvalue weighted by Gasteiger charge is -2.24. The molecule has 0 saturated heterocycles. The lowest BCUT2D eigenvalue weighted by atomic mass is 9.93. The van der Waals surface area contributed by atoms with Crippen LogP contribution in [0.25, 0.3) is 0 Å². The van der Waals surface area contributed by atoms with Crippen molar-refractivity contribution in [3.8, 4) is 0 Å². The van der Waals surface area contributed by atoms with E-state index in [9.17, 15) is 13.2 Å². The Morgan fingerprint density at radius 2 is 1.83 bits per heavy atom. The summed E-state index contributed by atoms with van der Waals surface area (Å²) in [5.41, 5.74) is -3.01. The molecule has 0 amide bonds. The standard InChI is InChI=1S/C13H18F3NS/c1-10(8-9-18-13(14,15)16)12(17-2)11-6-4-3-5-7-11/h3-7,10,12,17H,8-9H2,1-2H3. The van der Waals surface area contributed by atoms with Crippen molar-refractivity contribution in [2.24, 2.45) is 5.92 Å². The molecule has 0 aromatic heterocycles. The molecule has 0 heterocycles. The van der Waals surface area contributed by atoms with E-state index >= 15 is 0 Å². The summed E-state index contributed by atoms with van der Waals surface area (Å²) in [6, 6.07) is 9.90. The Morgan fingerprint density at radius 3 is 2.33 bits per heavy atom. The Labute approximate surface area is 110 Å². The zero-order valence-corrected chi connectivity index (χ0v) is 11.3. The minimum atomic E-state index is -4.12. The van der Waals surface area contributed by atoms with Crippen molar-refractivity contribution in [1.82, 2.24) is 5.32 Å². The first-order valence-corrected chi connectivity index (χ1v) is 6.85. The smallest absolute Gasteiger partial charge is 0.313 e. The van der Waals surface area contributed by atoms with Crippen LogP contribution in [-0.4, -0.2) is 18.3 Å². The highest BCUT2D eigenvalue weighted by Crippen LogP contribution is 2.33. The Hall–Kier alpha value is -0.680. The van der Waals surface area contributed by atoms with Gasteiger partial charge in [0.15, 0.2) is 0 Å². The van der Waals surface area contributed by atoms with E-state index in [0.717, 1.165) is 5.56 Å². The fraction of sp³-hybridized carbons (Fsp3) is 0.538. The molecule has 2 atom stereocenters. The number of benzene rings is 1. The third-order valence-corrected chi connectivity index (χ3v) is 3.64. The van der Waals surface area contributed by atoms with Crippen LogP contribution in [0.4, 0.5) is 13.2 Å². The normalized spacial score (nSPS) is 15.4. The molecule has 0 aliphatic carbocycles. The second kappa shape index (κ2) is 7.04. The summed E-state index contributed by atoms with van der Waals surface area (Å²) in [6.07, 6.45) is 0.532. The number of halogens is 3. The molecule has 0 spiro atoms. The van der Waals surface area contributed by atoms with Crippen molar-refractivity contribution in [1.29, 1.82) is 0 Å². The number of alkyl halides is 3. The number of rotatable bonds is 6. The van der Waals surface area contributed by atoms with Crippen molar-refractivity contribution < 1.29 is 13.2 Å². The van der Waals surface area contributed by atoms with Gasteiger partial charge in [0.05, 0.1) is 0 Å². The third kappa shape index (κ3) is 5.31. The maximum atomic E-state index is 12.1. The predicted octanol–water partition coefficient (Wildman–Crippen LogP) is 4.23. The highest BCUT2D eigenvalue weighted by atomic mass is 32.2. The molecule has 0 aliphatic rings. The Kier molecular flexibility index (Phi) is 6.02. The van der Waals surface area contributed by atoms with Gasteiger partial charge in [-0.25, -0.2) is 0 Å². The first kappa shape index (κ1) is 15.4. The molecule has 1 aromatic carbocycles. The van der Waals surface area contributed by atoms with Crippen molar-refractivity contribution in [3.05, 3.63) is 35.9 Å². The zero-order chi connectivity index (χ0) is 13.6. The van der Waals surface area contributed by atoms with Crippen molar-refractivity contribution >= 4 is 11.8 Å². The first-order chi connectivity index (χ1) is 8.44. The summed E-state index contributed by atoms with van der Waals surface area (Å²) < 4.78 is 36.2. The molecule has 1 nitrogen and oxygen atoms in total. The van der Waals surface area contributed by atoms with Gasteiger partial charge in [-0.05, 0) is 24.9 Å². The summed E-state index contributed by atoms with van der Waals surface area (Å²) in [5, 5.41) is 3.18. The monoisotopic (exact) mass is 277 g/mol. The van der Waals surface area contributed by atoms with E-state index in [2.05, 4.69) is 5.32 Å². The molecular weight excluding hydrogens is 259 g/mol. The summed E-state index contributed by atoms with van der Waals surface area (Å²) in [5.74, 6) is 0.266. The average Bonchev–Trinajstić information content (AvgIpc) is 2.29. The lowest BCUT2D eigenvalue weighted by Crippen LogP contribution is -2.24. The Balaban J connectivity index is 2.51. The molecule has 5 heteroatoms. The topological polar surface area (TPSA) is 12.0 Å². The summed E-state index contributed by atoms with van der Waals surface area (Å²) in [7, 11) is 1.84. The summed E-state index contributed by atoms with van der Waals surface area (Å²) in [4.78, 5) is 0. The molecule has 1 N–H and O–H groups in total. The van der Waals surface area contributed by atoms with Gasteiger partial charge in [-0.3, -0.25) is 0 Å². The Bertz CT molecular complexity index is 340. The molecule has 1 rings (SSSR count). The SMILES string of the molecule is CNC(c1ccccc1)C(C)CCSC(F)(F)F. The molecule has 102 valence electrons. The van der Waals surface area contributed by atoms with E-state index in [1.807, 2.05) is 44.3 Å². The van der Waals surface area contributed by atoms with Crippen molar-refractivity contribution in [3.63, 3.8) is 0 Å². The zero-order valence-electron chi connectivity index (χ0n) is 10.5. The van der Waals surface area contributed by atoms with E-state index in [1.54, 1.807) is 0 Å². The van der Waals surface area contributed by atoms with E-state index in [4.69, 9.17) is 0 Å². The highest BCUT2D eigenvalue weighted by molar-refractivity contribution is 8.00. The maximum absolute atomic E-state index is 12.1. The molecule has 0 bridgehead atoms. The van der Waals surface area contributed by atoms with Gasteiger partial charge in [-0.2, -0.15) is 13.2 Å². The molecular formula is C13H18F3NS. The number of nitrogens with one attached hydrogen (secondary N) is 1. The Morgan fingerprint density at radius 1 is 1.22 bits per heavy atom. The van der Waals surface area contributed by atoms with Crippen LogP contribution >= 0.6 is 11.8 Å². The second-order valence-corrected chi connectivity index (χ2v) is 5.40. The molecule has 0 saturated carbocycles. The van der Waals surface area contributed by atoms with Crippen molar-refractivity contribution in [2.45, 2.75) is 24.9 Å². The molecule has 2 unspecified atom stereocenters. The van der Waals surface area contributed by atoms with E-state index < -0.39 is 5.51 Å². The second-order valence-electron chi connectivity index (χ2n) is 4.24. The van der Waals surface area contributed by atoms with Crippen LogP contribution in [0.5, 0.6) is 0 Å². The van der Waals surface area contributed by atoms with Crippen LogP contribution in [0.2, 0.25) is 0 Å². The molecule has 1 aromatic rings. The van der Waals surface area contributed by atoms with Crippen LogP contribution in [0.15, 0.2) is 30.3 Å². The molecule has 0 radical (unpaired) electrons. The van der Waals surface area contributed by atoms with Gasteiger partial charge in [0, 0.05) is 11.8 Å². The van der Waals surface area contributed by atoms with Gasteiger partial charge in [0.25, 0.3) is 0 Å². The van der Waals surface area contributed by atoms with Gasteiger partial charge >= 0.3 is 5.51 Å². The predicted molar refractivity (Wildman–Crippen MR) is 70.5 cm³/mol.